The fraction of sp³-hybridized carbons (Fsp3) is 0.846. The van der Waals surface area contributed by atoms with Gasteiger partial charge in [-0.15, -0.1) is 0 Å². The van der Waals surface area contributed by atoms with Crippen molar-refractivity contribution in [2.24, 2.45) is 23.3 Å². The summed E-state index contributed by atoms with van der Waals surface area (Å²) >= 11 is 0. The Bertz CT molecular complexity index is 325. The zero-order valence-corrected chi connectivity index (χ0v) is 12.7. The number of nitrogens with one attached hydrogen (secondary N) is 2. The summed E-state index contributed by atoms with van der Waals surface area (Å²) in [7, 11) is 0. The van der Waals surface area contributed by atoms with E-state index in [0.717, 1.165) is 0 Å². The number of carboxylic acids is 1. The maximum atomic E-state index is 11.8. The average Bonchev–Trinajstić information content (AvgIpc) is 2.42. The molecular weight excluding hydrogens is 276 g/mol. The van der Waals surface area contributed by atoms with Crippen molar-refractivity contribution in [3.63, 3.8) is 0 Å². The summed E-state index contributed by atoms with van der Waals surface area (Å²) < 4.78 is 0. The molecule has 1 amide bonds. The molecule has 0 rings (SSSR count). The van der Waals surface area contributed by atoms with E-state index in [1.807, 2.05) is 0 Å². The van der Waals surface area contributed by atoms with Gasteiger partial charge in [-0.1, -0.05) is 13.8 Å². The van der Waals surface area contributed by atoms with Gasteiger partial charge < -0.3 is 32.3 Å². The van der Waals surface area contributed by atoms with Crippen LogP contribution in [0.25, 0.3) is 0 Å². The first-order chi connectivity index (χ1) is 9.83. The highest BCUT2D eigenvalue weighted by molar-refractivity contribution is 5.87. The molecule has 124 valence electrons. The van der Waals surface area contributed by atoms with E-state index >= 15 is 0 Å². The van der Waals surface area contributed by atoms with E-state index in [0.29, 0.717) is 19.5 Å². The van der Waals surface area contributed by atoms with Crippen LogP contribution in [0.4, 0.5) is 0 Å². The number of aliphatic hydroxyl groups is 1. The second-order valence-electron chi connectivity index (χ2n) is 5.45. The van der Waals surface area contributed by atoms with Crippen LogP contribution in [0.15, 0.2) is 0 Å². The molecule has 0 aromatic carbocycles. The average molecular weight is 304 g/mol. The first-order valence-electron chi connectivity index (χ1n) is 7.13. The van der Waals surface area contributed by atoms with Crippen LogP contribution in [0.2, 0.25) is 0 Å². The summed E-state index contributed by atoms with van der Waals surface area (Å²) in [5.41, 5.74) is 11.3. The number of aliphatic hydroxyl groups excluding tert-OH is 1. The topological polar surface area (TPSA) is 151 Å². The third-order valence-electron chi connectivity index (χ3n) is 3.24. The molecule has 0 radical (unpaired) electrons. The molecule has 0 fully saturated rings. The zero-order chi connectivity index (χ0) is 16.4. The third-order valence-corrected chi connectivity index (χ3v) is 3.24. The number of hydrogen-bond acceptors (Lipinski definition) is 6. The Morgan fingerprint density at radius 1 is 1.24 bits per heavy atom. The lowest BCUT2D eigenvalue weighted by molar-refractivity contribution is -0.143. The zero-order valence-electron chi connectivity index (χ0n) is 12.7. The second kappa shape index (κ2) is 10.5. The van der Waals surface area contributed by atoms with Gasteiger partial charge in [-0.3, -0.25) is 4.79 Å². The van der Waals surface area contributed by atoms with Gasteiger partial charge >= 0.3 is 5.97 Å². The molecule has 8 heteroatoms. The van der Waals surface area contributed by atoms with Crippen LogP contribution in [0.3, 0.4) is 0 Å². The SMILES string of the molecule is CC(C)[C@H](NC(=O)[C@@H](N)CNCC(CN)CCO)C(=O)O. The highest BCUT2D eigenvalue weighted by Crippen LogP contribution is 2.02. The summed E-state index contributed by atoms with van der Waals surface area (Å²) in [5.74, 6) is -1.69. The molecule has 0 aliphatic heterocycles. The third kappa shape index (κ3) is 7.96. The van der Waals surface area contributed by atoms with Crippen molar-refractivity contribution >= 4 is 11.9 Å². The molecule has 3 atom stereocenters. The number of aliphatic carboxylic acids is 1. The van der Waals surface area contributed by atoms with Gasteiger partial charge in [0.05, 0.1) is 6.04 Å². The molecule has 0 spiro atoms. The smallest absolute Gasteiger partial charge is 0.326 e. The quantitative estimate of drug-likeness (QED) is 0.260. The lowest BCUT2D eigenvalue weighted by Gasteiger charge is -2.21. The first-order valence-corrected chi connectivity index (χ1v) is 7.13. The van der Waals surface area contributed by atoms with Gasteiger partial charge in [0, 0.05) is 13.2 Å². The molecule has 8 N–H and O–H groups in total. The van der Waals surface area contributed by atoms with Gasteiger partial charge in [0.25, 0.3) is 0 Å². The Hall–Kier alpha value is -1.22. The molecule has 8 nitrogen and oxygen atoms in total. The molecule has 0 aromatic rings. The second-order valence-corrected chi connectivity index (χ2v) is 5.45. The number of rotatable bonds is 11. The van der Waals surface area contributed by atoms with Crippen LogP contribution < -0.4 is 22.1 Å². The van der Waals surface area contributed by atoms with E-state index in [-0.39, 0.29) is 25.0 Å². The van der Waals surface area contributed by atoms with Crippen molar-refractivity contribution in [3.8, 4) is 0 Å². The van der Waals surface area contributed by atoms with E-state index < -0.39 is 24.0 Å². The Balaban J connectivity index is 4.18. The Labute approximate surface area is 125 Å². The summed E-state index contributed by atoms with van der Waals surface area (Å²) in [6.07, 6.45) is 0.583. The van der Waals surface area contributed by atoms with Gasteiger partial charge in [0.15, 0.2) is 0 Å². The lowest BCUT2D eigenvalue weighted by atomic mass is 10.0. The van der Waals surface area contributed by atoms with Crippen molar-refractivity contribution in [1.29, 1.82) is 0 Å². The summed E-state index contributed by atoms with van der Waals surface area (Å²) in [6.45, 7) is 4.68. The summed E-state index contributed by atoms with van der Waals surface area (Å²) in [4.78, 5) is 22.8. The molecule has 0 saturated carbocycles. The van der Waals surface area contributed by atoms with Gasteiger partial charge in [-0.2, -0.15) is 0 Å². The highest BCUT2D eigenvalue weighted by Gasteiger charge is 2.25. The number of amides is 1. The maximum Gasteiger partial charge on any atom is 0.326 e. The number of carboxylic acid groups (broad SMARTS) is 1. The minimum absolute atomic E-state index is 0.0603. The van der Waals surface area contributed by atoms with Crippen molar-refractivity contribution < 1.29 is 19.8 Å². The monoisotopic (exact) mass is 304 g/mol. The number of nitrogens with two attached hydrogens (primary N) is 2. The van der Waals surface area contributed by atoms with Crippen molar-refractivity contribution in [2.45, 2.75) is 32.4 Å². The summed E-state index contributed by atoms with van der Waals surface area (Å²) in [6, 6.07) is -1.78. The maximum absolute atomic E-state index is 11.8. The fourth-order valence-corrected chi connectivity index (χ4v) is 1.80. The predicted molar refractivity (Wildman–Crippen MR) is 79.5 cm³/mol. The molecular formula is C13H28N4O4. The molecule has 0 heterocycles. The molecule has 0 bridgehead atoms. The van der Waals surface area contributed by atoms with Crippen LogP contribution in [0, 0.1) is 11.8 Å². The Morgan fingerprint density at radius 2 is 1.86 bits per heavy atom. The predicted octanol–water partition coefficient (Wildman–Crippen LogP) is -1.91. The van der Waals surface area contributed by atoms with Crippen LogP contribution in [-0.2, 0) is 9.59 Å². The molecule has 0 aliphatic rings. The van der Waals surface area contributed by atoms with Crippen molar-refractivity contribution in [3.05, 3.63) is 0 Å². The molecule has 0 saturated heterocycles. The van der Waals surface area contributed by atoms with Crippen LogP contribution in [0.1, 0.15) is 20.3 Å². The first kappa shape index (κ1) is 19.8. The highest BCUT2D eigenvalue weighted by atomic mass is 16.4. The van der Waals surface area contributed by atoms with Gasteiger partial charge in [-0.25, -0.2) is 4.79 Å². The van der Waals surface area contributed by atoms with E-state index in [2.05, 4.69) is 10.6 Å². The van der Waals surface area contributed by atoms with E-state index in [1.165, 1.54) is 0 Å². The largest absolute Gasteiger partial charge is 0.480 e. The normalized spacial score (nSPS) is 15.5. The molecule has 0 aromatic heterocycles. The van der Waals surface area contributed by atoms with Crippen LogP contribution in [-0.4, -0.2) is 60.4 Å². The number of carbonyl (C=O) groups is 2. The number of hydrogen-bond donors (Lipinski definition) is 6. The van der Waals surface area contributed by atoms with E-state index in [4.69, 9.17) is 21.7 Å². The molecule has 21 heavy (non-hydrogen) atoms. The minimum Gasteiger partial charge on any atom is -0.480 e. The molecule has 0 aliphatic carbocycles. The van der Waals surface area contributed by atoms with Gasteiger partial charge in [0.2, 0.25) is 5.91 Å². The standard InChI is InChI=1S/C13H28N4O4/c1-8(2)11(13(20)21)17-12(19)10(15)7-16-6-9(5-14)3-4-18/h8-11,16,18H,3-7,14-15H2,1-2H3,(H,17,19)(H,20,21)/t9?,10-,11-/m0/s1. The lowest BCUT2D eigenvalue weighted by Crippen LogP contribution is -2.53. The van der Waals surface area contributed by atoms with Gasteiger partial charge in [0.1, 0.15) is 6.04 Å². The van der Waals surface area contributed by atoms with E-state index in [1.54, 1.807) is 13.8 Å². The van der Waals surface area contributed by atoms with Crippen LogP contribution >= 0.6 is 0 Å². The van der Waals surface area contributed by atoms with Crippen molar-refractivity contribution in [2.75, 3.05) is 26.2 Å². The Kier molecular flexibility index (Phi) is 9.89. The van der Waals surface area contributed by atoms with Crippen molar-refractivity contribution in [1.82, 2.24) is 10.6 Å². The van der Waals surface area contributed by atoms with E-state index in [9.17, 15) is 9.59 Å². The van der Waals surface area contributed by atoms with Gasteiger partial charge in [-0.05, 0) is 31.3 Å². The number of carbonyl (C=O) groups excluding carboxylic acids is 1. The van der Waals surface area contributed by atoms with Crippen LogP contribution in [0.5, 0.6) is 0 Å². The molecule has 1 unspecified atom stereocenters. The fourth-order valence-electron chi connectivity index (χ4n) is 1.80. The minimum atomic E-state index is -1.08. The summed E-state index contributed by atoms with van der Waals surface area (Å²) in [5, 5.41) is 23.3. The Morgan fingerprint density at radius 3 is 2.29 bits per heavy atom.